The van der Waals surface area contributed by atoms with E-state index >= 15 is 0 Å². The first-order valence-corrected chi connectivity index (χ1v) is 8.02. The highest BCUT2D eigenvalue weighted by Gasteiger charge is 2.17. The van der Waals surface area contributed by atoms with Gasteiger partial charge in [-0.05, 0) is 59.7 Å². The van der Waals surface area contributed by atoms with Crippen LogP contribution in [0.1, 0.15) is 24.0 Å². The van der Waals surface area contributed by atoms with Crippen molar-refractivity contribution in [3.8, 4) is 16.9 Å². The van der Waals surface area contributed by atoms with Crippen LogP contribution in [-0.4, -0.2) is 19.1 Å². The minimum Gasteiger partial charge on any atom is -0.494 e. The van der Waals surface area contributed by atoms with E-state index in [1.165, 1.54) is 28.3 Å². The summed E-state index contributed by atoms with van der Waals surface area (Å²) < 4.78 is 5.83. The van der Waals surface area contributed by atoms with Gasteiger partial charge in [-0.2, -0.15) is 0 Å². The van der Waals surface area contributed by atoms with Crippen LogP contribution in [0.25, 0.3) is 11.1 Å². The molecule has 3 nitrogen and oxygen atoms in total. The van der Waals surface area contributed by atoms with Crippen LogP contribution < -0.4 is 10.1 Å². The summed E-state index contributed by atoms with van der Waals surface area (Å²) in [5.41, 5.74) is 5.38. The molecule has 0 bridgehead atoms. The van der Waals surface area contributed by atoms with Gasteiger partial charge in [0.25, 0.3) is 0 Å². The van der Waals surface area contributed by atoms with E-state index < -0.39 is 0 Å². The van der Waals surface area contributed by atoms with Gasteiger partial charge in [-0.15, -0.1) is 0 Å². The van der Waals surface area contributed by atoms with E-state index in [1.807, 2.05) is 6.07 Å². The minimum absolute atomic E-state index is 0.121. The van der Waals surface area contributed by atoms with Gasteiger partial charge in [0.05, 0.1) is 6.61 Å². The van der Waals surface area contributed by atoms with E-state index in [-0.39, 0.29) is 5.91 Å². The van der Waals surface area contributed by atoms with E-state index in [0.717, 1.165) is 25.0 Å². The Morgan fingerprint density at radius 3 is 2.83 bits per heavy atom. The van der Waals surface area contributed by atoms with Crippen molar-refractivity contribution in [1.29, 1.82) is 0 Å². The number of unbranched alkanes of at least 4 members (excludes halogenated alkanes) is 1. The van der Waals surface area contributed by atoms with Crippen LogP contribution in [0.15, 0.2) is 55.1 Å². The Bertz CT molecular complexity index is 721. The Labute approximate surface area is 137 Å². The normalized spacial score (nSPS) is 11.5. The molecule has 3 rings (SSSR count). The average Bonchev–Trinajstić information content (AvgIpc) is 2.95. The Morgan fingerprint density at radius 1 is 1.13 bits per heavy atom. The second-order valence-corrected chi connectivity index (χ2v) is 5.70. The quantitative estimate of drug-likeness (QED) is 0.534. The lowest BCUT2D eigenvalue weighted by Crippen LogP contribution is -2.22. The number of carbonyl (C=O) groups excluding carboxylic acids is 1. The van der Waals surface area contributed by atoms with Crippen molar-refractivity contribution in [3.05, 3.63) is 66.2 Å². The molecule has 0 saturated carbocycles. The second kappa shape index (κ2) is 7.14. The molecule has 0 unspecified atom stereocenters. The molecule has 3 heteroatoms. The van der Waals surface area contributed by atoms with Crippen LogP contribution in [0, 0.1) is 0 Å². The van der Waals surface area contributed by atoms with Crippen molar-refractivity contribution in [2.24, 2.45) is 0 Å². The molecule has 0 fully saturated rings. The molecule has 1 aliphatic rings. The maximum Gasteiger partial charge on any atom is 0.243 e. The smallest absolute Gasteiger partial charge is 0.243 e. The third-order valence-electron chi connectivity index (χ3n) is 4.09. The third kappa shape index (κ3) is 3.62. The maximum atomic E-state index is 11.0. The average molecular weight is 307 g/mol. The predicted molar refractivity (Wildman–Crippen MR) is 92.6 cm³/mol. The highest BCUT2D eigenvalue weighted by molar-refractivity contribution is 5.86. The molecule has 0 saturated heterocycles. The van der Waals surface area contributed by atoms with Crippen LogP contribution in [0.4, 0.5) is 0 Å². The van der Waals surface area contributed by atoms with E-state index in [2.05, 4.69) is 48.3 Å². The van der Waals surface area contributed by atoms with Crippen molar-refractivity contribution < 1.29 is 9.53 Å². The van der Waals surface area contributed by atoms with E-state index in [1.54, 1.807) is 0 Å². The number of rotatable bonds is 7. The van der Waals surface area contributed by atoms with Crippen LogP contribution in [0.3, 0.4) is 0 Å². The Balaban J connectivity index is 1.49. The largest absolute Gasteiger partial charge is 0.494 e. The maximum absolute atomic E-state index is 11.0. The topological polar surface area (TPSA) is 38.3 Å². The Hall–Kier alpha value is -2.55. The first kappa shape index (κ1) is 15.3. The molecule has 23 heavy (non-hydrogen) atoms. The summed E-state index contributed by atoms with van der Waals surface area (Å²) in [6.45, 7) is 4.74. The molecule has 0 aliphatic heterocycles. The number of hydrogen-bond donors (Lipinski definition) is 1. The highest BCUT2D eigenvalue weighted by Crippen LogP contribution is 2.37. The predicted octanol–water partition coefficient (Wildman–Crippen LogP) is 3.72. The molecule has 0 spiro atoms. The van der Waals surface area contributed by atoms with Crippen molar-refractivity contribution >= 4 is 5.91 Å². The molecule has 0 radical (unpaired) electrons. The molecule has 0 atom stereocenters. The van der Waals surface area contributed by atoms with Gasteiger partial charge in [-0.25, -0.2) is 0 Å². The van der Waals surface area contributed by atoms with Gasteiger partial charge in [0.1, 0.15) is 5.75 Å². The van der Waals surface area contributed by atoms with Gasteiger partial charge in [-0.1, -0.05) is 36.9 Å². The number of amides is 1. The van der Waals surface area contributed by atoms with Gasteiger partial charge in [0, 0.05) is 6.54 Å². The fourth-order valence-corrected chi connectivity index (χ4v) is 2.91. The standard InChI is InChI=1S/C20H21NO2/c1-2-20(22)21-11-5-6-12-23-17-9-10-19-16(14-17)13-15-7-3-4-8-18(15)19/h2-4,7-10,14H,1,5-6,11-13H2,(H,21,22). The van der Waals surface area contributed by atoms with Crippen molar-refractivity contribution in [1.82, 2.24) is 5.32 Å². The molecule has 0 aromatic heterocycles. The zero-order chi connectivity index (χ0) is 16.1. The molecule has 0 heterocycles. The summed E-state index contributed by atoms with van der Waals surface area (Å²) in [6, 6.07) is 14.9. The van der Waals surface area contributed by atoms with E-state index in [4.69, 9.17) is 4.74 Å². The Kier molecular flexibility index (Phi) is 4.77. The zero-order valence-corrected chi connectivity index (χ0v) is 13.2. The minimum atomic E-state index is -0.121. The molecular formula is C20H21NO2. The van der Waals surface area contributed by atoms with Crippen LogP contribution in [-0.2, 0) is 11.2 Å². The van der Waals surface area contributed by atoms with Gasteiger partial charge >= 0.3 is 0 Å². The first-order chi connectivity index (χ1) is 11.3. The molecule has 1 N–H and O–H groups in total. The van der Waals surface area contributed by atoms with E-state index in [0.29, 0.717) is 13.2 Å². The first-order valence-electron chi connectivity index (χ1n) is 8.02. The Morgan fingerprint density at radius 2 is 1.96 bits per heavy atom. The fourth-order valence-electron chi connectivity index (χ4n) is 2.91. The van der Waals surface area contributed by atoms with Crippen LogP contribution >= 0.6 is 0 Å². The summed E-state index contributed by atoms with van der Waals surface area (Å²) >= 11 is 0. The zero-order valence-electron chi connectivity index (χ0n) is 13.2. The van der Waals surface area contributed by atoms with Gasteiger partial charge < -0.3 is 10.1 Å². The van der Waals surface area contributed by atoms with Gasteiger partial charge in [0.2, 0.25) is 5.91 Å². The van der Waals surface area contributed by atoms with Crippen molar-refractivity contribution in [2.45, 2.75) is 19.3 Å². The van der Waals surface area contributed by atoms with Crippen LogP contribution in [0.2, 0.25) is 0 Å². The highest BCUT2D eigenvalue weighted by atomic mass is 16.5. The summed E-state index contributed by atoms with van der Waals surface area (Å²) in [4.78, 5) is 11.0. The van der Waals surface area contributed by atoms with E-state index in [9.17, 15) is 4.79 Å². The number of carbonyl (C=O) groups is 1. The lowest BCUT2D eigenvalue weighted by Gasteiger charge is -2.08. The van der Waals surface area contributed by atoms with Crippen molar-refractivity contribution in [2.75, 3.05) is 13.2 Å². The number of hydrogen-bond acceptors (Lipinski definition) is 2. The summed E-state index contributed by atoms with van der Waals surface area (Å²) in [6.07, 6.45) is 4.08. The third-order valence-corrected chi connectivity index (χ3v) is 4.09. The fraction of sp³-hybridized carbons (Fsp3) is 0.250. The number of fused-ring (bicyclic) bond motifs is 3. The lowest BCUT2D eigenvalue weighted by atomic mass is 10.1. The lowest BCUT2D eigenvalue weighted by molar-refractivity contribution is -0.116. The van der Waals surface area contributed by atoms with Crippen molar-refractivity contribution in [3.63, 3.8) is 0 Å². The molecule has 118 valence electrons. The number of benzene rings is 2. The number of ether oxygens (including phenoxy) is 1. The molecule has 2 aromatic rings. The second-order valence-electron chi connectivity index (χ2n) is 5.70. The molecule has 2 aromatic carbocycles. The summed E-state index contributed by atoms with van der Waals surface area (Å²) in [5.74, 6) is 0.802. The SMILES string of the molecule is C=CC(=O)NCCCCOc1ccc2c(c1)Cc1ccccc1-2. The molecule has 1 aliphatic carbocycles. The monoisotopic (exact) mass is 307 g/mol. The number of nitrogens with one attached hydrogen (secondary N) is 1. The summed E-state index contributed by atoms with van der Waals surface area (Å²) in [7, 11) is 0. The van der Waals surface area contributed by atoms with Gasteiger partial charge in [0.15, 0.2) is 0 Å². The van der Waals surface area contributed by atoms with Gasteiger partial charge in [-0.3, -0.25) is 4.79 Å². The molecular weight excluding hydrogens is 286 g/mol. The van der Waals surface area contributed by atoms with Crippen LogP contribution in [0.5, 0.6) is 5.75 Å². The molecule has 1 amide bonds. The summed E-state index contributed by atoms with van der Waals surface area (Å²) in [5, 5.41) is 2.76.